The van der Waals surface area contributed by atoms with Crippen LogP contribution in [0.25, 0.3) is 10.9 Å². The van der Waals surface area contributed by atoms with Crippen molar-refractivity contribution < 1.29 is 14.3 Å². The molecule has 140 valence electrons. The first-order chi connectivity index (χ1) is 13.1. The summed E-state index contributed by atoms with van der Waals surface area (Å²) in [4.78, 5) is 30.6. The first kappa shape index (κ1) is 18.4. The zero-order chi connectivity index (χ0) is 19.2. The van der Waals surface area contributed by atoms with Crippen LogP contribution in [0.1, 0.15) is 0 Å². The molecule has 0 saturated heterocycles. The smallest absolute Gasteiger partial charge is 0.261 e. The van der Waals surface area contributed by atoms with Gasteiger partial charge in [-0.05, 0) is 36.4 Å². The van der Waals surface area contributed by atoms with E-state index in [1.165, 1.54) is 15.8 Å². The molecule has 0 radical (unpaired) electrons. The van der Waals surface area contributed by atoms with Crippen molar-refractivity contribution in [1.29, 1.82) is 0 Å². The molecule has 1 heterocycles. The van der Waals surface area contributed by atoms with Gasteiger partial charge in [-0.25, -0.2) is 4.98 Å². The number of likely N-dealkylation sites (N-methyl/N-ethyl adjacent to an activating group) is 1. The van der Waals surface area contributed by atoms with Crippen molar-refractivity contribution in [3.63, 3.8) is 0 Å². The molecule has 2 aromatic carbocycles. The Labute approximate surface area is 156 Å². The number of rotatable bonds is 7. The van der Waals surface area contributed by atoms with E-state index in [0.29, 0.717) is 29.8 Å². The summed E-state index contributed by atoms with van der Waals surface area (Å²) >= 11 is 0. The molecular formula is C20H21N3O4. The summed E-state index contributed by atoms with van der Waals surface area (Å²) in [6, 6.07) is 14.3. The van der Waals surface area contributed by atoms with Crippen LogP contribution in [0.15, 0.2) is 59.7 Å². The van der Waals surface area contributed by atoms with Gasteiger partial charge >= 0.3 is 0 Å². The molecule has 0 fully saturated rings. The van der Waals surface area contributed by atoms with Crippen LogP contribution in [-0.4, -0.2) is 47.7 Å². The van der Waals surface area contributed by atoms with Crippen LogP contribution in [0.5, 0.6) is 11.5 Å². The number of carbonyl (C=O) groups is 1. The zero-order valence-corrected chi connectivity index (χ0v) is 15.3. The fraction of sp³-hybridized carbons (Fsp3) is 0.250. The van der Waals surface area contributed by atoms with Gasteiger partial charge in [0.05, 0.1) is 30.9 Å². The molecule has 0 aliphatic carbocycles. The monoisotopic (exact) mass is 367 g/mol. The van der Waals surface area contributed by atoms with Crippen LogP contribution in [0, 0.1) is 0 Å². The van der Waals surface area contributed by atoms with Crippen LogP contribution < -0.4 is 15.0 Å². The molecule has 0 unspecified atom stereocenters. The van der Waals surface area contributed by atoms with Gasteiger partial charge < -0.3 is 14.4 Å². The lowest BCUT2D eigenvalue weighted by Crippen LogP contribution is -2.36. The van der Waals surface area contributed by atoms with Crippen molar-refractivity contribution in [2.75, 3.05) is 27.3 Å². The highest BCUT2D eigenvalue weighted by Crippen LogP contribution is 2.16. The molecule has 7 heteroatoms. The second kappa shape index (κ2) is 8.35. The number of methoxy groups -OCH3 is 1. The fourth-order valence-electron chi connectivity index (χ4n) is 2.58. The highest BCUT2D eigenvalue weighted by molar-refractivity contribution is 5.78. The van der Waals surface area contributed by atoms with Gasteiger partial charge in [-0.1, -0.05) is 12.1 Å². The number of hydrogen-bond donors (Lipinski definition) is 0. The number of amides is 1. The van der Waals surface area contributed by atoms with E-state index in [1.54, 1.807) is 44.5 Å². The Kier molecular flexibility index (Phi) is 5.71. The van der Waals surface area contributed by atoms with Crippen LogP contribution in [0.3, 0.4) is 0 Å². The largest absolute Gasteiger partial charge is 0.497 e. The summed E-state index contributed by atoms with van der Waals surface area (Å²) in [5, 5.41) is 0.498. The number of benzene rings is 2. The summed E-state index contributed by atoms with van der Waals surface area (Å²) < 4.78 is 12.0. The summed E-state index contributed by atoms with van der Waals surface area (Å²) in [5.74, 6) is 1.27. The van der Waals surface area contributed by atoms with Crippen molar-refractivity contribution in [1.82, 2.24) is 14.5 Å². The number of para-hydroxylation sites is 1. The van der Waals surface area contributed by atoms with Crippen LogP contribution in [-0.2, 0) is 11.3 Å². The Bertz CT molecular complexity index is 982. The summed E-state index contributed by atoms with van der Waals surface area (Å²) in [6.45, 7) is 0.690. The molecule has 3 aromatic rings. The van der Waals surface area contributed by atoms with Crippen molar-refractivity contribution in [3.05, 3.63) is 65.2 Å². The SMILES string of the molecule is COc1ccc(OCCN(C)C(=O)Cn2cnc3ccccc3c2=O)cc1. The van der Waals surface area contributed by atoms with Gasteiger partial charge in [-0.15, -0.1) is 0 Å². The Hall–Kier alpha value is -3.35. The first-order valence-electron chi connectivity index (χ1n) is 8.53. The molecule has 27 heavy (non-hydrogen) atoms. The van der Waals surface area contributed by atoms with Crippen LogP contribution in [0.4, 0.5) is 0 Å². The molecule has 0 saturated carbocycles. The number of carbonyl (C=O) groups excluding carboxylic acids is 1. The minimum atomic E-state index is -0.225. The van der Waals surface area contributed by atoms with Crippen molar-refractivity contribution in [2.45, 2.75) is 6.54 Å². The standard InChI is InChI=1S/C20H21N3O4/c1-22(11-12-27-16-9-7-15(26-2)8-10-16)19(24)13-23-14-21-18-6-4-3-5-17(18)20(23)25/h3-10,14H,11-13H2,1-2H3. The summed E-state index contributed by atoms with van der Waals surface area (Å²) in [5.41, 5.74) is 0.393. The van der Waals surface area contributed by atoms with Gasteiger partial charge in [0.15, 0.2) is 0 Å². The van der Waals surface area contributed by atoms with Crippen LogP contribution in [0.2, 0.25) is 0 Å². The van der Waals surface area contributed by atoms with Gasteiger partial charge in [-0.2, -0.15) is 0 Å². The third-order valence-electron chi connectivity index (χ3n) is 4.22. The number of ether oxygens (including phenoxy) is 2. The molecule has 3 rings (SSSR count). The minimum Gasteiger partial charge on any atom is -0.497 e. The molecule has 0 aliphatic rings. The third kappa shape index (κ3) is 4.44. The highest BCUT2D eigenvalue weighted by atomic mass is 16.5. The number of hydrogen-bond acceptors (Lipinski definition) is 5. The van der Waals surface area contributed by atoms with Gasteiger partial charge in [0.2, 0.25) is 5.91 Å². The predicted octanol–water partition coefficient (Wildman–Crippen LogP) is 1.94. The highest BCUT2D eigenvalue weighted by Gasteiger charge is 2.12. The summed E-state index contributed by atoms with van der Waals surface area (Å²) in [7, 11) is 3.28. The minimum absolute atomic E-state index is 0.0598. The lowest BCUT2D eigenvalue weighted by Gasteiger charge is -2.18. The van der Waals surface area contributed by atoms with E-state index >= 15 is 0 Å². The van der Waals surface area contributed by atoms with E-state index in [-0.39, 0.29) is 18.0 Å². The van der Waals surface area contributed by atoms with E-state index in [2.05, 4.69) is 4.98 Å². The lowest BCUT2D eigenvalue weighted by atomic mass is 10.2. The molecule has 0 aliphatic heterocycles. The van der Waals surface area contributed by atoms with E-state index < -0.39 is 0 Å². The maximum atomic E-state index is 12.5. The van der Waals surface area contributed by atoms with Crippen LogP contribution >= 0.6 is 0 Å². The Morgan fingerprint density at radius 2 is 1.81 bits per heavy atom. The van der Waals surface area contributed by atoms with Crippen molar-refractivity contribution in [2.24, 2.45) is 0 Å². The Balaban J connectivity index is 1.56. The fourth-order valence-corrected chi connectivity index (χ4v) is 2.58. The topological polar surface area (TPSA) is 73.7 Å². The maximum absolute atomic E-state index is 12.5. The molecule has 0 N–H and O–H groups in total. The maximum Gasteiger partial charge on any atom is 0.261 e. The van der Waals surface area contributed by atoms with E-state index in [1.807, 2.05) is 18.2 Å². The quantitative estimate of drug-likeness (QED) is 0.638. The summed E-state index contributed by atoms with van der Waals surface area (Å²) in [6.07, 6.45) is 1.41. The van der Waals surface area contributed by atoms with Crippen molar-refractivity contribution >= 4 is 16.8 Å². The van der Waals surface area contributed by atoms with Gasteiger partial charge in [0, 0.05) is 7.05 Å². The molecule has 0 spiro atoms. The second-order valence-electron chi connectivity index (χ2n) is 6.03. The molecule has 1 amide bonds. The molecule has 1 aromatic heterocycles. The number of aromatic nitrogens is 2. The molecule has 7 nitrogen and oxygen atoms in total. The van der Waals surface area contributed by atoms with E-state index in [9.17, 15) is 9.59 Å². The molecular weight excluding hydrogens is 346 g/mol. The number of nitrogens with zero attached hydrogens (tertiary/aromatic N) is 3. The predicted molar refractivity (Wildman–Crippen MR) is 102 cm³/mol. The average molecular weight is 367 g/mol. The average Bonchev–Trinajstić information content (AvgIpc) is 2.70. The Morgan fingerprint density at radius 3 is 2.56 bits per heavy atom. The van der Waals surface area contributed by atoms with Gasteiger partial charge in [0.25, 0.3) is 5.56 Å². The Morgan fingerprint density at radius 1 is 1.11 bits per heavy atom. The zero-order valence-electron chi connectivity index (χ0n) is 15.3. The normalized spacial score (nSPS) is 10.6. The molecule has 0 bridgehead atoms. The third-order valence-corrected chi connectivity index (χ3v) is 4.22. The first-order valence-corrected chi connectivity index (χ1v) is 8.53. The lowest BCUT2D eigenvalue weighted by molar-refractivity contribution is -0.130. The van der Waals surface area contributed by atoms with Gasteiger partial charge in [0.1, 0.15) is 24.7 Å². The molecule has 0 atom stereocenters. The van der Waals surface area contributed by atoms with E-state index in [0.717, 1.165) is 5.75 Å². The van der Waals surface area contributed by atoms with Gasteiger partial charge in [-0.3, -0.25) is 14.2 Å². The van der Waals surface area contributed by atoms with E-state index in [4.69, 9.17) is 9.47 Å². The second-order valence-corrected chi connectivity index (χ2v) is 6.03. The number of fused-ring (bicyclic) bond motifs is 1. The van der Waals surface area contributed by atoms with Crippen molar-refractivity contribution in [3.8, 4) is 11.5 Å².